The van der Waals surface area contributed by atoms with Gasteiger partial charge in [-0.2, -0.15) is 5.26 Å². The predicted molar refractivity (Wildman–Crippen MR) is 167 cm³/mol. The highest BCUT2D eigenvalue weighted by Gasteiger charge is 2.27. The minimum Gasteiger partial charge on any atom is -0.250 e. The van der Waals surface area contributed by atoms with Crippen LogP contribution in [0.5, 0.6) is 0 Å². The molecule has 0 bridgehead atoms. The van der Waals surface area contributed by atoms with Crippen LogP contribution in [-0.4, -0.2) is 15.0 Å². The van der Waals surface area contributed by atoms with Crippen molar-refractivity contribution < 1.29 is 17.6 Å². The molecule has 1 aromatic heterocycles. The van der Waals surface area contributed by atoms with Gasteiger partial charge < -0.3 is 0 Å². The van der Waals surface area contributed by atoms with E-state index in [4.69, 9.17) is 26.3 Å². The SMILES string of the molecule is [C-]#[N+]C(=C1N=c2c(F)c(F)c(F)c(F)c2=N1)c1nc(-c2ccc3c(c2C#N)=N/C(=C(\C#N)[N+]#[C-])N=3)nc(-c2ccc3c(c2[N+]#[C-])=N/C(=C(/C#N)[N+]#[C-])N=3)n1. The highest BCUT2D eigenvalue weighted by Crippen LogP contribution is 2.30. The smallest absolute Gasteiger partial charge is 0.250 e. The first kappa shape index (κ1) is 33.3. The van der Waals surface area contributed by atoms with Crippen molar-refractivity contribution in [1.29, 1.82) is 15.8 Å². The van der Waals surface area contributed by atoms with Gasteiger partial charge in [-0.15, -0.1) is 0 Å². The predicted octanol–water partition coefficient (Wildman–Crippen LogP) is 2.41. The Kier molecular flexibility index (Phi) is 7.79. The van der Waals surface area contributed by atoms with E-state index >= 15 is 0 Å². The summed E-state index contributed by atoms with van der Waals surface area (Å²) in [5.74, 6) is -10.6. The molecule has 3 aromatic carbocycles. The summed E-state index contributed by atoms with van der Waals surface area (Å²) in [7, 11) is 0. The number of benzene rings is 3. The van der Waals surface area contributed by atoms with Gasteiger partial charge in [0, 0.05) is 11.1 Å². The number of rotatable bonds is 3. The van der Waals surface area contributed by atoms with Crippen molar-refractivity contribution in [3.8, 4) is 41.0 Å². The number of aromatic nitrogens is 3. The molecule has 4 aromatic rings. The van der Waals surface area contributed by atoms with E-state index in [-0.39, 0.29) is 67.1 Å². The second kappa shape index (κ2) is 12.6. The summed E-state index contributed by atoms with van der Waals surface area (Å²) in [5.41, 5.74) is -2.17. The molecule has 0 atom stereocenters. The fourth-order valence-corrected chi connectivity index (χ4v) is 5.18. The first-order valence-corrected chi connectivity index (χ1v) is 14.3. The monoisotopic (exact) mass is 712 g/mol. The third-order valence-corrected chi connectivity index (χ3v) is 7.56. The molecule has 4 heterocycles. The van der Waals surface area contributed by atoms with Crippen molar-refractivity contribution in [3.63, 3.8) is 0 Å². The first-order chi connectivity index (χ1) is 26.1. The Morgan fingerprint density at radius 3 is 1.56 bits per heavy atom. The van der Waals surface area contributed by atoms with E-state index in [9.17, 15) is 33.3 Å². The highest BCUT2D eigenvalue weighted by atomic mass is 19.2. The number of hydrogen-bond acceptors (Lipinski definition) is 12. The standard InChI is InChI=1S/C34H4F4N16/c1-42-17(10-40)31-46-15-7-5-12(14(9-39)23(15)48-31)29-52-30(13-6-8-16-25(24(13)44-3)49-32(47-16)18(11-41)43-2)54-34(53-29)28(45-4)33-50-26-21(37)19(35)20(36)22(38)27(26)51-33/h5-8H/b31-17+,32-18-. The van der Waals surface area contributed by atoms with E-state index in [1.165, 1.54) is 24.3 Å². The van der Waals surface area contributed by atoms with Crippen LogP contribution in [0.3, 0.4) is 0 Å². The van der Waals surface area contributed by atoms with Gasteiger partial charge in [0.15, 0.2) is 58.2 Å². The lowest BCUT2D eigenvalue weighted by atomic mass is 10.1. The Morgan fingerprint density at radius 2 is 1.06 bits per heavy atom. The van der Waals surface area contributed by atoms with Crippen LogP contribution >= 0.6 is 0 Å². The van der Waals surface area contributed by atoms with E-state index in [0.29, 0.717) is 0 Å². The quantitative estimate of drug-likeness (QED) is 0.103. The number of nitrogens with zero attached hydrogens (tertiary/aromatic N) is 16. The Hall–Kier alpha value is -9.16. The van der Waals surface area contributed by atoms with Crippen molar-refractivity contribution in [2.75, 3.05) is 0 Å². The Labute approximate surface area is 296 Å². The molecule has 20 heteroatoms. The van der Waals surface area contributed by atoms with Gasteiger partial charge in [-0.05, 0) is 18.2 Å². The molecule has 0 amide bonds. The van der Waals surface area contributed by atoms with E-state index in [2.05, 4.69) is 64.3 Å². The van der Waals surface area contributed by atoms with Gasteiger partial charge in [0.05, 0.1) is 60.1 Å². The van der Waals surface area contributed by atoms with Crippen LogP contribution in [0.25, 0.3) is 47.9 Å². The molecule has 0 unspecified atom stereocenters. The number of allylic oxidation sites excluding steroid dienone is 2. The lowest BCUT2D eigenvalue weighted by molar-refractivity contribution is 0.399. The molecule has 0 radical (unpaired) electrons. The van der Waals surface area contributed by atoms with Gasteiger partial charge in [-0.3, -0.25) is 0 Å². The second-order valence-corrected chi connectivity index (χ2v) is 10.4. The zero-order valence-corrected chi connectivity index (χ0v) is 26.0. The second-order valence-electron chi connectivity index (χ2n) is 10.4. The zero-order valence-electron chi connectivity index (χ0n) is 26.0. The van der Waals surface area contributed by atoms with Crippen LogP contribution < -0.4 is 32.1 Å². The number of fused-ring (bicyclic) bond motifs is 3. The van der Waals surface area contributed by atoms with E-state index in [1.54, 1.807) is 12.1 Å². The van der Waals surface area contributed by atoms with Gasteiger partial charge >= 0.3 is 11.4 Å². The molecule has 248 valence electrons. The summed E-state index contributed by atoms with van der Waals surface area (Å²) in [5, 5.41) is 27.0. The van der Waals surface area contributed by atoms with Crippen LogP contribution in [0.15, 0.2) is 83.1 Å². The number of hydrogen-bond donors (Lipinski definition) is 0. The summed E-state index contributed by atoms with van der Waals surface area (Å²) < 4.78 is 57.4. The van der Waals surface area contributed by atoms with Crippen molar-refractivity contribution in [2.24, 2.45) is 30.0 Å². The summed E-state index contributed by atoms with van der Waals surface area (Å²) in [6.45, 7) is 30.3. The van der Waals surface area contributed by atoms with Gasteiger partial charge in [0.2, 0.25) is 5.69 Å². The molecule has 0 saturated heterocycles. The van der Waals surface area contributed by atoms with Crippen LogP contribution in [0.4, 0.5) is 23.2 Å². The molecule has 0 spiro atoms. The van der Waals surface area contributed by atoms with Gasteiger partial charge in [0.25, 0.3) is 5.70 Å². The fourth-order valence-electron chi connectivity index (χ4n) is 5.18. The van der Waals surface area contributed by atoms with Gasteiger partial charge in [-0.25, -0.2) is 92.4 Å². The third kappa shape index (κ3) is 4.97. The Bertz CT molecular complexity index is 3110. The minimum atomic E-state index is -2.16. The Morgan fingerprint density at radius 1 is 0.556 bits per heavy atom. The van der Waals surface area contributed by atoms with Crippen molar-refractivity contribution >= 4 is 11.4 Å². The van der Waals surface area contributed by atoms with E-state index < -0.39 is 62.7 Å². The Balaban J connectivity index is 1.56. The van der Waals surface area contributed by atoms with Crippen molar-refractivity contribution in [3.05, 3.63) is 166 Å². The highest BCUT2D eigenvalue weighted by molar-refractivity contribution is 5.78. The maximum Gasteiger partial charge on any atom is 0.305 e. The molecular formula is C34H4F4N16. The third-order valence-electron chi connectivity index (χ3n) is 7.56. The molecule has 7 rings (SSSR count). The van der Waals surface area contributed by atoms with Crippen LogP contribution in [-0.2, 0) is 0 Å². The molecule has 3 aliphatic rings. The molecule has 54 heavy (non-hydrogen) atoms. The summed E-state index contributed by atoms with van der Waals surface area (Å²) in [6, 6.07) is 10.7. The molecule has 3 aliphatic heterocycles. The average molecular weight is 713 g/mol. The maximum atomic E-state index is 14.6. The molecule has 0 fully saturated rings. The van der Waals surface area contributed by atoms with Crippen molar-refractivity contribution in [2.45, 2.75) is 0 Å². The summed E-state index contributed by atoms with van der Waals surface area (Å²) in [4.78, 5) is 50.2. The van der Waals surface area contributed by atoms with Crippen molar-refractivity contribution in [1.82, 2.24) is 15.0 Å². The van der Waals surface area contributed by atoms with E-state index in [1.807, 2.05) is 6.07 Å². The van der Waals surface area contributed by atoms with Gasteiger partial charge in [-0.1, -0.05) is 6.07 Å². The number of nitriles is 3. The lowest BCUT2D eigenvalue weighted by Crippen LogP contribution is -2.32. The largest absolute Gasteiger partial charge is 0.305 e. The molecule has 0 aliphatic carbocycles. The topological polar surface area (TPSA) is 202 Å². The molecule has 0 N–H and O–H groups in total. The van der Waals surface area contributed by atoms with Gasteiger partial charge in [0.1, 0.15) is 22.1 Å². The lowest BCUT2D eigenvalue weighted by Gasteiger charge is -2.10. The molecule has 16 nitrogen and oxygen atoms in total. The number of halogens is 4. The normalized spacial score (nSPS) is 14.4. The minimum absolute atomic E-state index is 0.0597. The van der Waals surface area contributed by atoms with E-state index in [0.717, 1.165) is 0 Å². The fraction of sp³-hybridized carbons (Fsp3) is 0. The van der Waals surface area contributed by atoms with Crippen LogP contribution in [0, 0.1) is 83.6 Å². The maximum absolute atomic E-state index is 14.6. The van der Waals surface area contributed by atoms with Crippen LogP contribution in [0.2, 0.25) is 0 Å². The first-order valence-electron chi connectivity index (χ1n) is 14.3. The molecular weight excluding hydrogens is 708 g/mol. The van der Waals surface area contributed by atoms with Crippen LogP contribution in [0.1, 0.15) is 11.4 Å². The summed E-state index contributed by atoms with van der Waals surface area (Å²) >= 11 is 0. The average Bonchev–Trinajstić information content (AvgIpc) is 3.94. The summed E-state index contributed by atoms with van der Waals surface area (Å²) in [6.07, 6.45) is 0. The zero-order chi connectivity index (χ0) is 38.4. The molecule has 0 saturated carbocycles.